The first-order valence-electron chi connectivity index (χ1n) is 9.31. The third-order valence-corrected chi connectivity index (χ3v) is 6.98. The minimum absolute atomic E-state index is 0.00693. The molecule has 1 aromatic rings. The van der Waals surface area contributed by atoms with Crippen LogP contribution in [0.2, 0.25) is 0 Å². The van der Waals surface area contributed by atoms with Crippen molar-refractivity contribution in [2.24, 2.45) is 0 Å². The second-order valence-corrected chi connectivity index (χ2v) is 8.98. The Kier molecular flexibility index (Phi) is 6.18. The van der Waals surface area contributed by atoms with E-state index < -0.39 is 33.8 Å². The third kappa shape index (κ3) is 4.56. The van der Waals surface area contributed by atoms with E-state index in [1.807, 2.05) is 0 Å². The number of hydrogen-bond donors (Lipinski definition) is 2. The van der Waals surface area contributed by atoms with Gasteiger partial charge in [-0.15, -0.1) is 0 Å². The summed E-state index contributed by atoms with van der Waals surface area (Å²) in [5.74, 6) is -1.81. The first-order chi connectivity index (χ1) is 13.7. The van der Waals surface area contributed by atoms with Crippen LogP contribution in [0.5, 0.6) is 0 Å². The summed E-state index contributed by atoms with van der Waals surface area (Å²) in [5.41, 5.74) is 0. The van der Waals surface area contributed by atoms with E-state index in [0.29, 0.717) is 19.4 Å². The Morgan fingerprint density at radius 3 is 2.52 bits per heavy atom. The Hall–Kier alpha value is -2.53. The summed E-state index contributed by atoms with van der Waals surface area (Å²) in [6, 6.07) is 2.63. The summed E-state index contributed by atoms with van der Waals surface area (Å²) in [4.78, 5) is 37.9. The fraction of sp³-hybridized carbons (Fsp3) is 0.500. The molecule has 0 saturated carbocycles. The van der Waals surface area contributed by atoms with Crippen LogP contribution in [0, 0.1) is 5.82 Å². The van der Waals surface area contributed by atoms with Crippen molar-refractivity contribution in [2.75, 3.05) is 26.2 Å². The predicted octanol–water partition coefficient (Wildman–Crippen LogP) is -0.558. The van der Waals surface area contributed by atoms with Crippen LogP contribution in [0.3, 0.4) is 0 Å². The van der Waals surface area contributed by atoms with Gasteiger partial charge in [0.2, 0.25) is 27.7 Å². The van der Waals surface area contributed by atoms with Crippen LogP contribution in [0.15, 0.2) is 29.2 Å². The Morgan fingerprint density at radius 1 is 1.21 bits per heavy atom. The first-order valence-corrected chi connectivity index (χ1v) is 10.7. The van der Waals surface area contributed by atoms with Gasteiger partial charge in [-0.3, -0.25) is 14.4 Å². The van der Waals surface area contributed by atoms with Gasteiger partial charge in [-0.1, -0.05) is 0 Å². The van der Waals surface area contributed by atoms with Gasteiger partial charge in [-0.2, -0.15) is 4.31 Å². The summed E-state index contributed by atoms with van der Waals surface area (Å²) >= 11 is 0. The Morgan fingerprint density at radius 2 is 1.90 bits per heavy atom. The molecule has 2 aliphatic heterocycles. The highest BCUT2D eigenvalue weighted by atomic mass is 32.2. The molecule has 0 unspecified atom stereocenters. The van der Waals surface area contributed by atoms with Crippen molar-refractivity contribution < 1.29 is 27.2 Å². The van der Waals surface area contributed by atoms with Crippen LogP contribution in [0.25, 0.3) is 0 Å². The van der Waals surface area contributed by atoms with Crippen LogP contribution < -0.4 is 10.6 Å². The van der Waals surface area contributed by atoms with Gasteiger partial charge in [0.1, 0.15) is 17.9 Å². The number of benzene rings is 1. The lowest BCUT2D eigenvalue weighted by Gasteiger charge is -2.40. The fourth-order valence-electron chi connectivity index (χ4n) is 3.51. The summed E-state index contributed by atoms with van der Waals surface area (Å²) in [7, 11) is -3.97. The van der Waals surface area contributed by atoms with Gasteiger partial charge < -0.3 is 15.5 Å². The summed E-state index contributed by atoms with van der Waals surface area (Å²) in [6.45, 7) is 1.63. The molecule has 2 saturated heterocycles. The molecule has 1 aromatic carbocycles. The van der Waals surface area contributed by atoms with Gasteiger partial charge >= 0.3 is 0 Å². The molecule has 0 radical (unpaired) electrons. The van der Waals surface area contributed by atoms with E-state index in [-0.39, 0.29) is 36.3 Å². The zero-order valence-corrected chi connectivity index (χ0v) is 16.7. The van der Waals surface area contributed by atoms with Crippen LogP contribution in [0.1, 0.15) is 19.8 Å². The van der Waals surface area contributed by atoms with E-state index in [9.17, 15) is 27.2 Å². The maximum Gasteiger partial charge on any atom is 0.244 e. The van der Waals surface area contributed by atoms with Crippen LogP contribution >= 0.6 is 0 Å². The van der Waals surface area contributed by atoms with Crippen molar-refractivity contribution in [3.05, 3.63) is 30.1 Å². The lowest BCUT2D eigenvalue weighted by atomic mass is 10.1. The lowest BCUT2D eigenvalue weighted by Crippen LogP contribution is -2.63. The Balaban J connectivity index is 1.80. The minimum Gasteiger partial charge on any atom is -0.354 e. The van der Waals surface area contributed by atoms with E-state index >= 15 is 0 Å². The molecule has 0 aliphatic carbocycles. The molecule has 9 nitrogen and oxygen atoms in total. The summed E-state index contributed by atoms with van der Waals surface area (Å²) in [5, 5.41) is 5.29. The number of carbonyl (C=O) groups excluding carboxylic acids is 3. The highest BCUT2D eigenvalue weighted by Gasteiger charge is 2.40. The highest BCUT2D eigenvalue weighted by molar-refractivity contribution is 7.89. The molecule has 29 heavy (non-hydrogen) atoms. The molecule has 2 atom stereocenters. The predicted molar refractivity (Wildman–Crippen MR) is 101 cm³/mol. The van der Waals surface area contributed by atoms with E-state index in [1.165, 1.54) is 11.8 Å². The average Bonchev–Trinajstić information content (AvgIpc) is 2.69. The topological polar surface area (TPSA) is 116 Å². The SMILES string of the molecule is CC(=O)N1CCN(S(=O)(=O)c2ccc(F)cc2)C[C@H]1C(=O)N[C@H]1CCCNC1=O. The quantitative estimate of drug-likeness (QED) is 0.670. The summed E-state index contributed by atoms with van der Waals surface area (Å²) in [6.07, 6.45) is 1.19. The molecular weight excluding hydrogens is 403 g/mol. The largest absolute Gasteiger partial charge is 0.354 e. The number of piperazine rings is 1. The van der Waals surface area contributed by atoms with Crippen molar-refractivity contribution >= 4 is 27.7 Å². The number of halogens is 1. The fourth-order valence-corrected chi connectivity index (χ4v) is 4.95. The van der Waals surface area contributed by atoms with Gasteiger partial charge in [0.25, 0.3) is 0 Å². The smallest absolute Gasteiger partial charge is 0.244 e. The summed E-state index contributed by atoms with van der Waals surface area (Å²) < 4.78 is 40.0. The van der Waals surface area contributed by atoms with Gasteiger partial charge in [-0.25, -0.2) is 12.8 Å². The molecule has 3 amide bonds. The molecule has 158 valence electrons. The molecule has 2 fully saturated rings. The molecule has 0 aromatic heterocycles. The normalized spacial score (nSPS) is 23.4. The van der Waals surface area contributed by atoms with Gasteiger partial charge in [0, 0.05) is 33.1 Å². The zero-order valence-electron chi connectivity index (χ0n) is 15.9. The van der Waals surface area contributed by atoms with Crippen molar-refractivity contribution in [1.29, 1.82) is 0 Å². The maximum absolute atomic E-state index is 13.1. The monoisotopic (exact) mass is 426 g/mol. The van der Waals surface area contributed by atoms with Crippen molar-refractivity contribution in [3.63, 3.8) is 0 Å². The van der Waals surface area contributed by atoms with Gasteiger partial charge in [0.05, 0.1) is 4.90 Å². The molecule has 2 aliphatic rings. The molecular formula is C18H23FN4O5S. The number of hydrogen-bond acceptors (Lipinski definition) is 5. The van der Waals surface area contributed by atoms with Crippen LogP contribution in [0.4, 0.5) is 4.39 Å². The highest BCUT2D eigenvalue weighted by Crippen LogP contribution is 2.21. The second kappa shape index (κ2) is 8.46. The van der Waals surface area contributed by atoms with E-state index in [4.69, 9.17) is 0 Å². The van der Waals surface area contributed by atoms with Crippen LogP contribution in [-0.4, -0.2) is 73.6 Å². The number of nitrogens with one attached hydrogen (secondary N) is 2. The molecule has 2 heterocycles. The van der Waals surface area contributed by atoms with Crippen molar-refractivity contribution in [1.82, 2.24) is 19.8 Å². The Labute approximate surface area is 168 Å². The minimum atomic E-state index is -3.97. The van der Waals surface area contributed by atoms with E-state index in [2.05, 4.69) is 10.6 Å². The number of piperidine rings is 1. The van der Waals surface area contributed by atoms with Gasteiger partial charge in [0.15, 0.2) is 0 Å². The molecule has 2 N–H and O–H groups in total. The average molecular weight is 426 g/mol. The Bertz CT molecular complexity index is 905. The standard InChI is InChI=1S/C18H23FN4O5S/c1-12(24)23-10-9-22(29(27,28)14-6-4-13(19)5-7-14)11-16(23)18(26)21-15-3-2-8-20-17(15)25/h4-7,15-16H,2-3,8-11H2,1H3,(H,20,25)(H,21,26)/t15-,16-/m0/s1. The number of sulfonamides is 1. The second-order valence-electron chi connectivity index (χ2n) is 7.04. The van der Waals surface area contributed by atoms with Gasteiger partial charge in [-0.05, 0) is 37.1 Å². The number of rotatable bonds is 4. The van der Waals surface area contributed by atoms with Crippen molar-refractivity contribution in [2.45, 2.75) is 36.7 Å². The number of nitrogens with zero attached hydrogens (tertiary/aromatic N) is 2. The first kappa shape index (κ1) is 21.2. The molecule has 11 heteroatoms. The number of amides is 3. The zero-order chi connectivity index (χ0) is 21.2. The maximum atomic E-state index is 13.1. The van der Waals surface area contributed by atoms with Crippen molar-refractivity contribution in [3.8, 4) is 0 Å². The molecule has 0 spiro atoms. The third-order valence-electron chi connectivity index (χ3n) is 5.10. The lowest BCUT2D eigenvalue weighted by molar-refractivity contribution is -0.142. The van der Waals surface area contributed by atoms with Crippen LogP contribution in [-0.2, 0) is 24.4 Å². The van der Waals surface area contributed by atoms with E-state index in [1.54, 1.807) is 0 Å². The molecule has 0 bridgehead atoms. The van der Waals surface area contributed by atoms with E-state index in [0.717, 1.165) is 28.6 Å². The molecule has 3 rings (SSSR count). The number of carbonyl (C=O) groups is 3.